The Bertz CT molecular complexity index is 300. The van der Waals surface area contributed by atoms with Gasteiger partial charge in [-0.15, -0.1) is 0 Å². The molecule has 2 nitrogen and oxygen atoms in total. The van der Waals surface area contributed by atoms with Crippen molar-refractivity contribution in [2.24, 2.45) is 29.1 Å². The summed E-state index contributed by atoms with van der Waals surface area (Å²) in [5.74, 6) is 4.03. The second-order valence-corrected chi connectivity index (χ2v) is 6.99. The molecular formula is C14H21NO. The van der Waals surface area contributed by atoms with E-state index >= 15 is 0 Å². The monoisotopic (exact) mass is 219 g/mol. The quantitative estimate of drug-likeness (QED) is 0.720. The van der Waals surface area contributed by atoms with Crippen molar-refractivity contribution in [2.45, 2.75) is 44.9 Å². The highest BCUT2D eigenvalue weighted by atomic mass is 16.1. The Balaban J connectivity index is 1.64. The Morgan fingerprint density at radius 3 is 2.00 bits per heavy atom. The van der Waals surface area contributed by atoms with Gasteiger partial charge < -0.3 is 5.32 Å². The zero-order valence-electron chi connectivity index (χ0n) is 9.87. The van der Waals surface area contributed by atoms with Crippen LogP contribution in [0, 0.1) is 29.1 Å². The molecule has 1 amide bonds. The van der Waals surface area contributed by atoms with E-state index in [1.165, 1.54) is 38.5 Å². The minimum Gasteiger partial charge on any atom is -0.356 e. The van der Waals surface area contributed by atoms with Crippen molar-refractivity contribution in [3.8, 4) is 0 Å². The largest absolute Gasteiger partial charge is 0.356 e. The van der Waals surface area contributed by atoms with Gasteiger partial charge in [0.1, 0.15) is 0 Å². The number of carbonyl (C=O) groups is 1. The minimum atomic E-state index is 0.306. The summed E-state index contributed by atoms with van der Waals surface area (Å²) in [6, 6.07) is 0. The smallest absolute Gasteiger partial charge is 0.220 e. The lowest BCUT2D eigenvalue weighted by atomic mass is 9.46. The highest BCUT2D eigenvalue weighted by Crippen LogP contribution is 2.63. The molecule has 4 saturated carbocycles. The molecule has 1 atom stereocenters. The van der Waals surface area contributed by atoms with Crippen molar-refractivity contribution in [1.29, 1.82) is 0 Å². The van der Waals surface area contributed by atoms with Crippen LogP contribution >= 0.6 is 0 Å². The first-order chi connectivity index (χ1) is 7.73. The van der Waals surface area contributed by atoms with E-state index in [2.05, 4.69) is 5.32 Å². The molecule has 0 aromatic rings. The topological polar surface area (TPSA) is 29.1 Å². The number of carbonyl (C=O) groups excluding carboxylic acids is 1. The van der Waals surface area contributed by atoms with Crippen LogP contribution in [0.15, 0.2) is 0 Å². The maximum Gasteiger partial charge on any atom is 0.220 e. The fourth-order valence-electron chi connectivity index (χ4n) is 5.72. The molecule has 16 heavy (non-hydrogen) atoms. The van der Waals surface area contributed by atoms with Crippen LogP contribution in [0.25, 0.3) is 0 Å². The zero-order valence-corrected chi connectivity index (χ0v) is 9.87. The Labute approximate surface area is 97.2 Å². The Morgan fingerprint density at radius 1 is 1.00 bits per heavy atom. The Morgan fingerprint density at radius 2 is 1.56 bits per heavy atom. The lowest BCUT2D eigenvalue weighted by Gasteiger charge is -2.59. The average molecular weight is 219 g/mol. The predicted octanol–water partition coefficient (Wildman–Crippen LogP) is 2.34. The summed E-state index contributed by atoms with van der Waals surface area (Å²) in [6.45, 7) is 0.977. The number of hydrogen-bond donors (Lipinski definition) is 1. The second-order valence-electron chi connectivity index (χ2n) is 6.99. The molecule has 4 bridgehead atoms. The average Bonchev–Trinajstić information content (AvgIpc) is 2.63. The Kier molecular flexibility index (Phi) is 1.79. The third-order valence-electron chi connectivity index (χ3n) is 5.93. The van der Waals surface area contributed by atoms with Gasteiger partial charge in [-0.3, -0.25) is 4.79 Å². The molecular weight excluding hydrogens is 198 g/mol. The molecule has 1 N–H and O–H groups in total. The molecule has 0 radical (unpaired) electrons. The number of rotatable bonds is 1. The van der Waals surface area contributed by atoms with Crippen LogP contribution < -0.4 is 5.32 Å². The third-order valence-corrected chi connectivity index (χ3v) is 5.93. The zero-order chi connectivity index (χ0) is 10.8. The summed E-state index contributed by atoms with van der Waals surface area (Å²) in [5.41, 5.74) is 0.577. The normalized spacial score (nSPS) is 54.4. The van der Waals surface area contributed by atoms with Gasteiger partial charge >= 0.3 is 0 Å². The SMILES string of the molecule is O=C1C[C@@H](C23CC4CC(CC(C4)C2)C3)CN1. The van der Waals surface area contributed by atoms with Crippen molar-refractivity contribution < 1.29 is 4.79 Å². The van der Waals surface area contributed by atoms with Gasteiger partial charge in [0, 0.05) is 13.0 Å². The van der Waals surface area contributed by atoms with Crippen LogP contribution in [0.4, 0.5) is 0 Å². The van der Waals surface area contributed by atoms with Crippen molar-refractivity contribution in [3.63, 3.8) is 0 Å². The molecule has 0 unspecified atom stereocenters. The highest BCUT2D eigenvalue weighted by molar-refractivity contribution is 5.78. The minimum absolute atomic E-state index is 0.306. The van der Waals surface area contributed by atoms with Gasteiger partial charge in [0.2, 0.25) is 5.91 Å². The molecule has 0 aromatic heterocycles. The summed E-state index contributed by atoms with van der Waals surface area (Å²) in [4.78, 5) is 11.4. The number of nitrogens with one attached hydrogen (secondary N) is 1. The maximum atomic E-state index is 11.4. The van der Waals surface area contributed by atoms with Crippen LogP contribution in [0.3, 0.4) is 0 Å². The number of amides is 1. The van der Waals surface area contributed by atoms with Crippen LogP contribution in [-0.2, 0) is 4.79 Å². The lowest BCUT2D eigenvalue weighted by molar-refractivity contribution is -0.121. The maximum absolute atomic E-state index is 11.4. The Hall–Kier alpha value is -0.530. The fourth-order valence-corrected chi connectivity index (χ4v) is 5.72. The van der Waals surface area contributed by atoms with E-state index in [-0.39, 0.29) is 0 Å². The van der Waals surface area contributed by atoms with E-state index in [0.717, 1.165) is 30.7 Å². The van der Waals surface area contributed by atoms with Crippen molar-refractivity contribution in [3.05, 3.63) is 0 Å². The highest BCUT2D eigenvalue weighted by Gasteiger charge is 2.55. The fraction of sp³-hybridized carbons (Fsp3) is 0.929. The summed E-state index contributed by atoms with van der Waals surface area (Å²) in [5, 5.41) is 3.06. The lowest BCUT2D eigenvalue weighted by Crippen LogP contribution is -2.50. The molecule has 5 rings (SSSR count). The van der Waals surface area contributed by atoms with E-state index in [9.17, 15) is 4.79 Å². The molecule has 1 saturated heterocycles. The molecule has 88 valence electrons. The van der Waals surface area contributed by atoms with Gasteiger partial charge in [0.05, 0.1) is 0 Å². The van der Waals surface area contributed by atoms with Gasteiger partial charge in [0.25, 0.3) is 0 Å². The first kappa shape index (κ1) is 9.49. The first-order valence-electron chi connectivity index (χ1n) is 7.00. The van der Waals surface area contributed by atoms with Crippen LogP contribution in [-0.4, -0.2) is 12.5 Å². The van der Waals surface area contributed by atoms with Crippen molar-refractivity contribution >= 4 is 5.91 Å². The van der Waals surface area contributed by atoms with Crippen molar-refractivity contribution in [1.82, 2.24) is 5.32 Å². The van der Waals surface area contributed by atoms with E-state index in [0.29, 0.717) is 17.2 Å². The van der Waals surface area contributed by atoms with Gasteiger partial charge in [-0.25, -0.2) is 0 Å². The van der Waals surface area contributed by atoms with E-state index in [4.69, 9.17) is 0 Å². The molecule has 5 fully saturated rings. The molecule has 0 aromatic carbocycles. The van der Waals surface area contributed by atoms with Gasteiger partial charge in [0.15, 0.2) is 0 Å². The van der Waals surface area contributed by atoms with Crippen molar-refractivity contribution in [2.75, 3.05) is 6.54 Å². The standard InChI is InChI=1S/C14H21NO/c16-13-4-12(8-15-13)14-5-9-1-10(6-14)3-11(2-9)7-14/h9-12H,1-8H2,(H,15,16)/t9?,10?,11?,12-,14?/m1/s1. The predicted molar refractivity (Wildman–Crippen MR) is 61.7 cm³/mol. The van der Waals surface area contributed by atoms with E-state index < -0.39 is 0 Å². The molecule has 4 aliphatic carbocycles. The van der Waals surface area contributed by atoms with Crippen LogP contribution in [0.5, 0.6) is 0 Å². The van der Waals surface area contributed by atoms with E-state index in [1.807, 2.05) is 0 Å². The number of hydrogen-bond acceptors (Lipinski definition) is 1. The van der Waals surface area contributed by atoms with E-state index in [1.54, 1.807) is 0 Å². The molecule has 2 heteroatoms. The second kappa shape index (κ2) is 3.02. The summed E-state index contributed by atoms with van der Waals surface area (Å²) in [6.07, 6.45) is 9.68. The summed E-state index contributed by atoms with van der Waals surface area (Å²) in [7, 11) is 0. The van der Waals surface area contributed by atoms with Gasteiger partial charge in [-0.1, -0.05) is 0 Å². The van der Waals surface area contributed by atoms with Crippen LogP contribution in [0.1, 0.15) is 44.9 Å². The van der Waals surface area contributed by atoms with Gasteiger partial charge in [-0.2, -0.15) is 0 Å². The third kappa shape index (κ3) is 1.22. The summed E-state index contributed by atoms with van der Waals surface area (Å²) >= 11 is 0. The summed E-state index contributed by atoms with van der Waals surface area (Å²) < 4.78 is 0. The molecule has 0 spiro atoms. The molecule has 5 aliphatic rings. The van der Waals surface area contributed by atoms with Gasteiger partial charge in [-0.05, 0) is 67.6 Å². The first-order valence-corrected chi connectivity index (χ1v) is 7.00. The van der Waals surface area contributed by atoms with Crippen LogP contribution in [0.2, 0.25) is 0 Å². The molecule has 1 aliphatic heterocycles. The molecule has 1 heterocycles.